The molecule has 0 aliphatic carbocycles. The van der Waals surface area contributed by atoms with Gasteiger partial charge in [-0.15, -0.1) is 0 Å². The van der Waals surface area contributed by atoms with Gasteiger partial charge in [-0.05, 0) is 77.0 Å². The molecule has 0 bridgehead atoms. The van der Waals surface area contributed by atoms with Gasteiger partial charge in [0.15, 0.2) is 6.10 Å². The third-order valence-corrected chi connectivity index (χ3v) is 13.7. The van der Waals surface area contributed by atoms with Gasteiger partial charge in [-0.3, -0.25) is 14.2 Å². The first-order valence-corrected chi connectivity index (χ1v) is 31.0. The van der Waals surface area contributed by atoms with Crippen molar-refractivity contribution in [3.05, 3.63) is 60.8 Å². The highest BCUT2D eigenvalue weighted by Crippen LogP contribution is 2.38. The maximum absolute atomic E-state index is 12.8. The van der Waals surface area contributed by atoms with Gasteiger partial charge >= 0.3 is 11.9 Å². The first-order chi connectivity index (χ1) is 34.5. The van der Waals surface area contributed by atoms with E-state index in [1.54, 1.807) is 0 Å². The van der Waals surface area contributed by atoms with Crippen molar-refractivity contribution >= 4 is 19.8 Å². The van der Waals surface area contributed by atoms with E-state index in [0.29, 0.717) is 17.4 Å². The molecule has 0 aromatic rings. The van der Waals surface area contributed by atoms with E-state index in [1.165, 1.54) is 148 Å². The van der Waals surface area contributed by atoms with E-state index in [2.05, 4.69) is 74.6 Å². The van der Waals surface area contributed by atoms with E-state index in [0.717, 1.165) is 83.5 Å². The standard InChI is InChI=1S/C61H112NO8P/c1-6-8-10-12-14-16-18-20-21-22-23-24-25-26-27-28-29-30-31-32-33-34-35-36-37-38-39-40-41-42-44-46-48-50-52-54-61(64)70-59(58-69-71(65,66)68-56-55-62(3,4)5)57-67-60(63)53-51-49-47-45-43-19-17-15-13-11-9-7-2/h8,10,14-17,20-21,23-24,59H,6-7,9,11-13,18-19,22,25-58H2,1-5H3/b10-8-,16-14-,17-15-,21-20-,24-23-. The smallest absolute Gasteiger partial charge is 0.306 e. The number of allylic oxidation sites excluding steroid dienone is 10. The van der Waals surface area contributed by atoms with Crippen molar-refractivity contribution in [1.82, 2.24) is 0 Å². The summed E-state index contributed by atoms with van der Waals surface area (Å²) < 4.78 is 34.1. The van der Waals surface area contributed by atoms with Crippen molar-refractivity contribution in [2.24, 2.45) is 0 Å². The number of hydrogen-bond acceptors (Lipinski definition) is 8. The van der Waals surface area contributed by atoms with Crippen molar-refractivity contribution in [1.29, 1.82) is 0 Å². The number of rotatable bonds is 54. The minimum Gasteiger partial charge on any atom is -0.756 e. The van der Waals surface area contributed by atoms with Gasteiger partial charge in [0.2, 0.25) is 0 Å². The summed E-state index contributed by atoms with van der Waals surface area (Å²) in [7, 11) is 1.17. The fraction of sp³-hybridized carbons (Fsp3) is 0.803. The lowest BCUT2D eigenvalue weighted by Gasteiger charge is -2.28. The zero-order chi connectivity index (χ0) is 52.0. The third kappa shape index (κ3) is 56.9. The van der Waals surface area contributed by atoms with Crippen LogP contribution in [0.1, 0.15) is 264 Å². The number of esters is 2. The van der Waals surface area contributed by atoms with Crippen LogP contribution in [0.3, 0.4) is 0 Å². The van der Waals surface area contributed by atoms with Gasteiger partial charge in [-0.1, -0.05) is 235 Å². The Kier molecular flexibility index (Phi) is 50.9. The highest BCUT2D eigenvalue weighted by atomic mass is 31.2. The molecule has 0 aliphatic heterocycles. The van der Waals surface area contributed by atoms with Gasteiger partial charge < -0.3 is 27.9 Å². The van der Waals surface area contributed by atoms with Gasteiger partial charge in [-0.25, -0.2) is 0 Å². The number of likely N-dealkylation sites (N-methyl/N-ethyl adjacent to an activating group) is 1. The van der Waals surface area contributed by atoms with Crippen molar-refractivity contribution in [2.75, 3.05) is 47.5 Å². The second kappa shape index (κ2) is 52.6. The van der Waals surface area contributed by atoms with Crippen LogP contribution in [0.4, 0.5) is 0 Å². The Morgan fingerprint density at radius 2 is 0.803 bits per heavy atom. The van der Waals surface area contributed by atoms with E-state index in [9.17, 15) is 19.0 Å². The minimum absolute atomic E-state index is 0.0314. The Hall–Kier alpha value is -2.29. The lowest BCUT2D eigenvalue weighted by molar-refractivity contribution is -0.870. The summed E-state index contributed by atoms with van der Waals surface area (Å²) >= 11 is 0. The summed E-state index contributed by atoms with van der Waals surface area (Å²) in [6, 6.07) is 0. The van der Waals surface area contributed by atoms with Crippen LogP contribution < -0.4 is 4.89 Å². The molecule has 0 rings (SSSR count). The molecule has 10 heteroatoms. The number of unbranched alkanes of at least 4 members (excludes halogenated alkanes) is 30. The Bertz CT molecular complexity index is 1380. The summed E-state index contributed by atoms with van der Waals surface area (Å²) in [5.41, 5.74) is 0. The second-order valence-corrected chi connectivity index (χ2v) is 22.4. The van der Waals surface area contributed by atoms with Crippen molar-refractivity contribution < 1.29 is 42.1 Å². The topological polar surface area (TPSA) is 111 Å². The van der Waals surface area contributed by atoms with Crippen LogP contribution in [-0.2, 0) is 32.7 Å². The van der Waals surface area contributed by atoms with Gasteiger partial charge in [-0.2, -0.15) is 0 Å². The highest BCUT2D eigenvalue weighted by Gasteiger charge is 2.22. The summed E-state index contributed by atoms with van der Waals surface area (Å²) in [6.07, 6.45) is 67.2. The molecule has 2 unspecified atom stereocenters. The first-order valence-electron chi connectivity index (χ1n) is 29.5. The fourth-order valence-corrected chi connectivity index (χ4v) is 8.96. The van der Waals surface area contributed by atoms with Gasteiger partial charge in [0.25, 0.3) is 7.82 Å². The molecule has 0 saturated carbocycles. The summed E-state index contributed by atoms with van der Waals surface area (Å²) in [5, 5.41) is 0. The molecule has 0 radical (unpaired) electrons. The van der Waals surface area contributed by atoms with E-state index in [4.69, 9.17) is 18.5 Å². The average molecular weight is 1020 g/mol. The molecular formula is C61H112NO8P. The zero-order valence-electron chi connectivity index (χ0n) is 46.9. The number of hydrogen-bond donors (Lipinski definition) is 0. The maximum Gasteiger partial charge on any atom is 0.306 e. The summed E-state index contributed by atoms with van der Waals surface area (Å²) in [5.74, 6) is -0.836. The first kappa shape index (κ1) is 68.7. The average Bonchev–Trinajstić information content (AvgIpc) is 3.33. The molecule has 0 saturated heterocycles. The number of quaternary nitrogens is 1. The predicted octanol–water partition coefficient (Wildman–Crippen LogP) is 17.7. The molecule has 2 atom stereocenters. The molecule has 0 aromatic carbocycles. The van der Waals surface area contributed by atoms with E-state index >= 15 is 0 Å². The van der Waals surface area contributed by atoms with Crippen molar-refractivity contribution in [2.45, 2.75) is 270 Å². The highest BCUT2D eigenvalue weighted by molar-refractivity contribution is 7.45. The summed E-state index contributed by atoms with van der Waals surface area (Å²) in [6.45, 7) is 4.11. The van der Waals surface area contributed by atoms with Gasteiger partial charge in [0.1, 0.15) is 19.8 Å². The lowest BCUT2D eigenvalue weighted by Crippen LogP contribution is -2.37. The molecule has 0 spiro atoms. The molecular weight excluding hydrogens is 906 g/mol. The number of carbonyl (C=O) groups is 2. The maximum atomic E-state index is 12.8. The Morgan fingerprint density at radius 3 is 1.21 bits per heavy atom. The SMILES string of the molecule is CC/C=C\C/C=C\C/C=C\C/C=C\CCCCCCCCCCCCCCCCCCCCCCCCC(=O)OC(COC(=O)CCCCCCC/C=C\CCCCC)COP(=O)([O-])OCC[N+](C)(C)C. The van der Waals surface area contributed by atoms with Crippen molar-refractivity contribution in [3.63, 3.8) is 0 Å². The number of phosphoric ester groups is 1. The molecule has 0 aromatic heterocycles. The third-order valence-electron chi connectivity index (χ3n) is 12.8. The molecule has 0 N–H and O–H groups in total. The zero-order valence-corrected chi connectivity index (χ0v) is 47.8. The van der Waals surface area contributed by atoms with E-state index in [1.807, 2.05) is 21.1 Å². The molecule has 71 heavy (non-hydrogen) atoms. The largest absolute Gasteiger partial charge is 0.756 e. The van der Waals surface area contributed by atoms with Gasteiger partial charge in [0, 0.05) is 12.8 Å². The monoisotopic (exact) mass is 1020 g/mol. The van der Waals surface area contributed by atoms with Crippen LogP contribution in [0, 0.1) is 0 Å². The molecule has 0 heterocycles. The van der Waals surface area contributed by atoms with E-state index < -0.39 is 32.5 Å². The Labute approximate surface area is 438 Å². The van der Waals surface area contributed by atoms with Gasteiger partial charge in [0.05, 0.1) is 27.7 Å². The second-order valence-electron chi connectivity index (χ2n) is 21.0. The molecule has 0 amide bonds. The van der Waals surface area contributed by atoms with Crippen LogP contribution in [0.25, 0.3) is 0 Å². The molecule has 9 nitrogen and oxygen atoms in total. The van der Waals surface area contributed by atoms with E-state index in [-0.39, 0.29) is 26.1 Å². The Morgan fingerprint density at radius 1 is 0.451 bits per heavy atom. The number of carbonyl (C=O) groups excluding carboxylic acids is 2. The Balaban J connectivity index is 3.95. The summed E-state index contributed by atoms with van der Waals surface area (Å²) in [4.78, 5) is 37.7. The lowest BCUT2D eigenvalue weighted by atomic mass is 10.0. The van der Waals surface area contributed by atoms with Crippen molar-refractivity contribution in [3.8, 4) is 0 Å². The normalized spacial score (nSPS) is 13.7. The quantitative estimate of drug-likeness (QED) is 0.0195. The van der Waals surface area contributed by atoms with Crippen LogP contribution in [-0.4, -0.2) is 70.0 Å². The molecule has 414 valence electrons. The van der Waals surface area contributed by atoms with Crippen LogP contribution in [0.5, 0.6) is 0 Å². The minimum atomic E-state index is -4.63. The number of nitrogens with zero attached hydrogens (tertiary/aromatic N) is 1. The number of ether oxygens (including phenoxy) is 2. The number of phosphoric acid groups is 1. The molecule has 0 fully saturated rings. The fourth-order valence-electron chi connectivity index (χ4n) is 8.23. The van der Waals surface area contributed by atoms with Crippen LogP contribution in [0.2, 0.25) is 0 Å². The molecule has 0 aliphatic rings. The predicted molar refractivity (Wildman–Crippen MR) is 300 cm³/mol. The van der Waals surface area contributed by atoms with Crippen LogP contribution >= 0.6 is 7.82 Å². The van der Waals surface area contributed by atoms with Crippen LogP contribution in [0.15, 0.2) is 60.8 Å².